The molecule has 0 aliphatic rings. The summed E-state index contributed by atoms with van der Waals surface area (Å²) in [6, 6.07) is 0.965. The number of rotatable bonds is 2. The molecular formula is C11H5F7O2. The van der Waals surface area contributed by atoms with Crippen LogP contribution in [-0.4, -0.2) is 17.1 Å². The van der Waals surface area contributed by atoms with Gasteiger partial charge in [-0.05, 0) is 12.1 Å². The van der Waals surface area contributed by atoms with Crippen molar-refractivity contribution in [2.45, 2.75) is 12.4 Å². The largest absolute Gasteiger partial charge is 0.507 e. The van der Waals surface area contributed by atoms with Gasteiger partial charge in [-0.15, -0.1) is 0 Å². The number of ketones is 1. The van der Waals surface area contributed by atoms with Crippen LogP contribution in [0, 0.1) is 5.82 Å². The van der Waals surface area contributed by atoms with Crippen molar-refractivity contribution in [2.24, 2.45) is 0 Å². The van der Waals surface area contributed by atoms with Crippen LogP contribution >= 0.6 is 0 Å². The summed E-state index contributed by atoms with van der Waals surface area (Å²) in [5.41, 5.74) is -2.33. The van der Waals surface area contributed by atoms with Crippen molar-refractivity contribution in [1.82, 2.24) is 0 Å². The second-order valence-electron chi connectivity index (χ2n) is 3.58. The summed E-state index contributed by atoms with van der Waals surface area (Å²) in [6.45, 7) is 0. The van der Waals surface area contributed by atoms with Gasteiger partial charge in [0, 0.05) is 11.6 Å². The molecule has 0 aliphatic carbocycles. The fourth-order valence-corrected chi connectivity index (χ4v) is 1.19. The Morgan fingerprint density at radius 2 is 1.65 bits per heavy atom. The Labute approximate surface area is 107 Å². The number of halogens is 7. The molecule has 0 fully saturated rings. The molecule has 20 heavy (non-hydrogen) atoms. The van der Waals surface area contributed by atoms with E-state index in [9.17, 15) is 35.5 Å². The number of allylic oxidation sites excluding steroid dienone is 1. The third-order valence-corrected chi connectivity index (χ3v) is 2.12. The second-order valence-corrected chi connectivity index (χ2v) is 3.58. The lowest BCUT2D eigenvalue weighted by Crippen LogP contribution is -2.20. The highest BCUT2D eigenvalue weighted by Gasteiger charge is 2.37. The molecule has 0 unspecified atom stereocenters. The number of carbonyl (C=O) groups is 1. The van der Waals surface area contributed by atoms with E-state index in [1.807, 2.05) is 0 Å². The second kappa shape index (κ2) is 5.14. The summed E-state index contributed by atoms with van der Waals surface area (Å²) < 4.78 is 85.5. The van der Waals surface area contributed by atoms with Crippen molar-refractivity contribution < 1.29 is 40.6 Å². The fraction of sp³-hybridized carbons (Fsp3) is 0.182. The molecule has 1 rings (SSSR count). The van der Waals surface area contributed by atoms with E-state index in [1.165, 1.54) is 0 Å². The number of aliphatic hydroxyl groups excluding tert-OH is 1. The third kappa shape index (κ3) is 3.72. The maximum absolute atomic E-state index is 13.1. The van der Waals surface area contributed by atoms with Crippen LogP contribution in [0.5, 0.6) is 0 Å². The summed E-state index contributed by atoms with van der Waals surface area (Å²) in [6.07, 6.45) is -10.5. The van der Waals surface area contributed by atoms with Crippen LogP contribution in [-0.2, 0) is 11.0 Å². The quantitative estimate of drug-likeness (QED) is 0.511. The molecule has 0 heterocycles. The minimum absolute atomic E-state index is 0.179. The summed E-state index contributed by atoms with van der Waals surface area (Å²) in [4.78, 5) is 10.5. The molecule has 0 saturated carbocycles. The average molecular weight is 302 g/mol. The first-order valence-corrected chi connectivity index (χ1v) is 4.82. The fourth-order valence-electron chi connectivity index (χ4n) is 1.19. The zero-order valence-corrected chi connectivity index (χ0v) is 9.31. The highest BCUT2D eigenvalue weighted by atomic mass is 19.4. The molecule has 2 nitrogen and oxygen atoms in total. The lowest BCUT2D eigenvalue weighted by atomic mass is 10.1. The van der Waals surface area contributed by atoms with Crippen molar-refractivity contribution in [2.75, 3.05) is 0 Å². The SMILES string of the molecule is O=C(/C=C(\O)c1ccc(C(F)(F)F)c(F)c1)C(F)(F)F. The first-order chi connectivity index (χ1) is 8.93. The maximum Gasteiger partial charge on any atom is 0.454 e. The Morgan fingerprint density at radius 3 is 2.05 bits per heavy atom. The van der Waals surface area contributed by atoms with E-state index in [2.05, 4.69) is 0 Å². The number of hydrogen-bond donors (Lipinski definition) is 1. The minimum Gasteiger partial charge on any atom is -0.507 e. The zero-order valence-electron chi connectivity index (χ0n) is 9.31. The first kappa shape index (κ1) is 16.0. The van der Waals surface area contributed by atoms with Crippen molar-refractivity contribution in [1.29, 1.82) is 0 Å². The summed E-state index contributed by atoms with van der Waals surface area (Å²) in [5, 5.41) is 9.16. The van der Waals surface area contributed by atoms with Gasteiger partial charge in [0.25, 0.3) is 5.78 Å². The van der Waals surface area contributed by atoms with Crippen LogP contribution in [0.15, 0.2) is 24.3 Å². The molecule has 0 aromatic heterocycles. The molecule has 0 bridgehead atoms. The standard InChI is InChI=1S/C11H5F7O2/c12-7-3-5(1-2-6(7)10(13,14)15)8(19)4-9(20)11(16,17)18/h1-4,19H/b8-4-. The smallest absolute Gasteiger partial charge is 0.454 e. The van der Waals surface area contributed by atoms with Gasteiger partial charge in [0.1, 0.15) is 11.6 Å². The van der Waals surface area contributed by atoms with Gasteiger partial charge in [-0.25, -0.2) is 4.39 Å². The molecule has 0 atom stereocenters. The van der Waals surface area contributed by atoms with Gasteiger partial charge in [-0.1, -0.05) is 6.07 Å². The normalized spacial score (nSPS) is 13.4. The minimum atomic E-state index is -5.25. The van der Waals surface area contributed by atoms with Gasteiger partial charge in [0.2, 0.25) is 0 Å². The Balaban J connectivity index is 3.14. The monoisotopic (exact) mass is 302 g/mol. The van der Waals surface area contributed by atoms with Crippen LogP contribution in [0.4, 0.5) is 30.7 Å². The van der Waals surface area contributed by atoms with Crippen molar-refractivity contribution in [3.8, 4) is 0 Å². The summed E-state index contributed by atoms with van der Waals surface area (Å²) in [5.74, 6) is -5.50. The third-order valence-electron chi connectivity index (χ3n) is 2.12. The van der Waals surface area contributed by atoms with Gasteiger partial charge in [0.05, 0.1) is 5.56 Å². The molecule has 0 saturated heterocycles. The molecule has 1 aromatic carbocycles. The highest BCUT2D eigenvalue weighted by Crippen LogP contribution is 2.32. The lowest BCUT2D eigenvalue weighted by Gasteiger charge is -2.09. The highest BCUT2D eigenvalue weighted by molar-refractivity contribution is 5.99. The topological polar surface area (TPSA) is 37.3 Å². The van der Waals surface area contributed by atoms with E-state index in [0.717, 1.165) is 0 Å². The van der Waals surface area contributed by atoms with E-state index in [1.54, 1.807) is 0 Å². The summed E-state index contributed by atoms with van der Waals surface area (Å²) >= 11 is 0. The van der Waals surface area contributed by atoms with Gasteiger partial charge >= 0.3 is 12.4 Å². The van der Waals surface area contributed by atoms with Crippen LogP contribution in [0.25, 0.3) is 5.76 Å². The van der Waals surface area contributed by atoms with E-state index in [0.29, 0.717) is 6.07 Å². The molecule has 9 heteroatoms. The van der Waals surface area contributed by atoms with Gasteiger partial charge < -0.3 is 5.11 Å². The van der Waals surface area contributed by atoms with Gasteiger partial charge in [0.15, 0.2) is 0 Å². The number of carbonyl (C=O) groups excluding carboxylic acids is 1. The molecule has 0 radical (unpaired) electrons. The molecular weight excluding hydrogens is 297 g/mol. The Kier molecular flexibility index (Phi) is 4.11. The lowest BCUT2D eigenvalue weighted by molar-refractivity contribution is -0.165. The van der Waals surface area contributed by atoms with E-state index in [-0.39, 0.29) is 18.2 Å². The molecule has 1 N–H and O–H groups in total. The number of benzene rings is 1. The molecule has 110 valence electrons. The predicted molar refractivity (Wildman–Crippen MR) is 53.1 cm³/mol. The maximum atomic E-state index is 13.1. The van der Waals surface area contributed by atoms with Crippen molar-refractivity contribution >= 4 is 11.5 Å². The Hall–Kier alpha value is -2.06. The molecule has 0 spiro atoms. The Morgan fingerprint density at radius 1 is 1.10 bits per heavy atom. The van der Waals surface area contributed by atoms with E-state index < -0.39 is 40.8 Å². The average Bonchev–Trinajstić information content (AvgIpc) is 2.25. The van der Waals surface area contributed by atoms with Crippen LogP contribution < -0.4 is 0 Å². The van der Waals surface area contributed by atoms with Crippen molar-refractivity contribution in [3.05, 3.63) is 41.2 Å². The molecule has 1 aromatic rings. The van der Waals surface area contributed by atoms with Crippen LogP contribution in [0.1, 0.15) is 11.1 Å². The number of alkyl halides is 6. The number of hydrogen-bond acceptors (Lipinski definition) is 2. The van der Waals surface area contributed by atoms with Gasteiger partial charge in [-0.3, -0.25) is 4.79 Å². The van der Waals surface area contributed by atoms with Crippen LogP contribution in [0.2, 0.25) is 0 Å². The first-order valence-electron chi connectivity index (χ1n) is 4.82. The van der Waals surface area contributed by atoms with E-state index in [4.69, 9.17) is 5.11 Å². The number of aliphatic hydroxyl groups is 1. The van der Waals surface area contributed by atoms with Crippen molar-refractivity contribution in [3.63, 3.8) is 0 Å². The zero-order chi connectivity index (χ0) is 15.7. The molecule has 0 aliphatic heterocycles. The molecule has 0 amide bonds. The van der Waals surface area contributed by atoms with Crippen LogP contribution in [0.3, 0.4) is 0 Å². The Bertz CT molecular complexity index is 555. The van der Waals surface area contributed by atoms with E-state index >= 15 is 0 Å². The summed E-state index contributed by atoms with van der Waals surface area (Å²) in [7, 11) is 0. The van der Waals surface area contributed by atoms with Gasteiger partial charge in [-0.2, -0.15) is 26.3 Å². The predicted octanol–water partition coefficient (Wildman–Crippen LogP) is 3.87.